The number of nitrogens with zero attached hydrogens (tertiary/aromatic N) is 4. The summed E-state index contributed by atoms with van der Waals surface area (Å²) in [4.78, 5) is 19.1. The van der Waals surface area contributed by atoms with Crippen LogP contribution >= 0.6 is 0 Å². The molecule has 8 nitrogen and oxygen atoms in total. The van der Waals surface area contributed by atoms with Crippen molar-refractivity contribution >= 4 is 11.6 Å². The maximum Gasteiger partial charge on any atom is 0.451 e. The number of amides is 1. The average Bonchev–Trinajstić information content (AvgIpc) is 3.25. The van der Waals surface area contributed by atoms with Crippen LogP contribution in [0.15, 0.2) is 48.9 Å². The summed E-state index contributed by atoms with van der Waals surface area (Å²) in [6, 6.07) is 8.53. The average molecular weight is 418 g/mol. The molecule has 1 aromatic carbocycles. The number of aromatic nitrogens is 4. The molecule has 2 N–H and O–H groups in total. The monoisotopic (exact) mass is 418 g/mol. The van der Waals surface area contributed by atoms with Gasteiger partial charge in [-0.05, 0) is 17.7 Å². The SMILES string of the molecule is O=C(Nc1ccc(C2CNCCO2)cc1)c1cnn(-c2ccnc(C(F)(F)F)n2)c1. The Balaban J connectivity index is 1.44. The normalized spacial score (nSPS) is 17.0. The summed E-state index contributed by atoms with van der Waals surface area (Å²) in [5.74, 6) is -1.82. The highest BCUT2D eigenvalue weighted by molar-refractivity contribution is 6.03. The number of hydrogen-bond acceptors (Lipinski definition) is 6. The van der Waals surface area contributed by atoms with Gasteiger partial charge in [-0.25, -0.2) is 14.6 Å². The molecule has 2 aromatic heterocycles. The van der Waals surface area contributed by atoms with E-state index < -0.39 is 17.9 Å². The van der Waals surface area contributed by atoms with Crippen LogP contribution in [0, 0.1) is 0 Å². The summed E-state index contributed by atoms with van der Waals surface area (Å²) in [7, 11) is 0. The molecule has 156 valence electrons. The van der Waals surface area contributed by atoms with Gasteiger partial charge in [-0.1, -0.05) is 12.1 Å². The number of rotatable bonds is 4. The van der Waals surface area contributed by atoms with Crippen molar-refractivity contribution in [3.05, 3.63) is 65.9 Å². The molecule has 11 heteroatoms. The Morgan fingerprint density at radius 1 is 1.23 bits per heavy atom. The van der Waals surface area contributed by atoms with Crippen LogP contribution in [0.4, 0.5) is 18.9 Å². The highest BCUT2D eigenvalue weighted by atomic mass is 19.4. The Labute approximate surface area is 169 Å². The zero-order valence-corrected chi connectivity index (χ0v) is 15.6. The number of alkyl halides is 3. The summed E-state index contributed by atoms with van der Waals surface area (Å²) >= 11 is 0. The Kier molecular flexibility index (Phi) is 5.46. The Morgan fingerprint density at radius 2 is 2.03 bits per heavy atom. The van der Waals surface area contributed by atoms with Crippen molar-refractivity contribution in [2.24, 2.45) is 0 Å². The van der Waals surface area contributed by atoms with Crippen molar-refractivity contribution in [1.82, 2.24) is 25.1 Å². The third-order valence-corrected chi connectivity index (χ3v) is 4.44. The first kappa shape index (κ1) is 20.0. The number of anilines is 1. The first-order chi connectivity index (χ1) is 14.4. The zero-order valence-electron chi connectivity index (χ0n) is 15.6. The van der Waals surface area contributed by atoms with Gasteiger partial charge < -0.3 is 15.4 Å². The highest BCUT2D eigenvalue weighted by Gasteiger charge is 2.34. The molecule has 1 aliphatic heterocycles. The van der Waals surface area contributed by atoms with E-state index in [0.717, 1.165) is 29.5 Å². The molecule has 0 bridgehead atoms. The van der Waals surface area contributed by atoms with Gasteiger partial charge in [0.25, 0.3) is 5.91 Å². The number of hydrogen-bond donors (Lipinski definition) is 2. The number of ether oxygens (including phenoxy) is 1. The van der Waals surface area contributed by atoms with Crippen LogP contribution in [0.2, 0.25) is 0 Å². The fourth-order valence-electron chi connectivity index (χ4n) is 2.94. The van der Waals surface area contributed by atoms with E-state index in [4.69, 9.17) is 4.74 Å². The van der Waals surface area contributed by atoms with E-state index in [0.29, 0.717) is 12.3 Å². The number of carbonyl (C=O) groups excluding carboxylic acids is 1. The van der Waals surface area contributed by atoms with Gasteiger partial charge in [-0.2, -0.15) is 18.3 Å². The standard InChI is InChI=1S/C19H17F3N6O2/c20-19(21,22)18-24-6-5-16(27-18)28-11-13(9-25-28)17(29)26-14-3-1-12(2-4-14)15-10-23-7-8-30-15/h1-6,9,11,15,23H,7-8,10H2,(H,26,29). The van der Waals surface area contributed by atoms with Gasteiger partial charge in [-0.3, -0.25) is 4.79 Å². The molecule has 1 unspecified atom stereocenters. The molecule has 3 heterocycles. The summed E-state index contributed by atoms with van der Waals surface area (Å²) < 4.78 is 45.1. The number of morpholine rings is 1. The number of carbonyl (C=O) groups is 1. The minimum atomic E-state index is -4.67. The fraction of sp³-hybridized carbons (Fsp3) is 0.263. The van der Waals surface area contributed by atoms with Gasteiger partial charge in [0, 0.05) is 37.2 Å². The second-order valence-corrected chi connectivity index (χ2v) is 6.55. The minimum Gasteiger partial charge on any atom is -0.371 e. The molecule has 1 fully saturated rings. The Morgan fingerprint density at radius 3 is 2.73 bits per heavy atom. The third-order valence-electron chi connectivity index (χ3n) is 4.44. The largest absolute Gasteiger partial charge is 0.451 e. The zero-order chi connectivity index (χ0) is 21.1. The number of benzene rings is 1. The molecule has 4 rings (SSSR count). The summed E-state index contributed by atoms with van der Waals surface area (Å²) in [6.07, 6.45) is -1.17. The minimum absolute atomic E-state index is 0.0313. The molecule has 1 aliphatic rings. The maximum atomic E-state index is 12.8. The lowest BCUT2D eigenvalue weighted by Gasteiger charge is -2.24. The maximum absolute atomic E-state index is 12.8. The van der Waals surface area contributed by atoms with Gasteiger partial charge in [0.05, 0.1) is 24.5 Å². The quantitative estimate of drug-likeness (QED) is 0.677. The van der Waals surface area contributed by atoms with Crippen molar-refractivity contribution in [2.75, 3.05) is 25.0 Å². The second kappa shape index (κ2) is 8.20. The van der Waals surface area contributed by atoms with Crippen LogP contribution in [0.25, 0.3) is 5.82 Å². The molecule has 1 atom stereocenters. The van der Waals surface area contributed by atoms with E-state index in [-0.39, 0.29) is 17.5 Å². The topological polar surface area (TPSA) is 94.0 Å². The van der Waals surface area contributed by atoms with E-state index in [1.165, 1.54) is 18.5 Å². The predicted octanol–water partition coefficient (Wildman–Crippen LogP) is 2.59. The van der Waals surface area contributed by atoms with Gasteiger partial charge in [0.1, 0.15) is 0 Å². The lowest BCUT2D eigenvalue weighted by molar-refractivity contribution is -0.145. The van der Waals surface area contributed by atoms with E-state index in [9.17, 15) is 18.0 Å². The van der Waals surface area contributed by atoms with Gasteiger partial charge >= 0.3 is 6.18 Å². The Hall–Kier alpha value is -3.31. The summed E-state index contributed by atoms with van der Waals surface area (Å²) in [6.45, 7) is 2.19. The van der Waals surface area contributed by atoms with E-state index in [2.05, 4.69) is 25.7 Å². The predicted molar refractivity (Wildman–Crippen MR) is 100 cm³/mol. The molecule has 0 saturated carbocycles. The van der Waals surface area contributed by atoms with Crippen LogP contribution in [0.3, 0.4) is 0 Å². The van der Waals surface area contributed by atoms with E-state index in [1.54, 1.807) is 12.1 Å². The van der Waals surface area contributed by atoms with Crippen LogP contribution in [0.5, 0.6) is 0 Å². The first-order valence-corrected chi connectivity index (χ1v) is 9.09. The lowest BCUT2D eigenvalue weighted by atomic mass is 10.1. The van der Waals surface area contributed by atoms with Crippen LogP contribution in [0.1, 0.15) is 27.8 Å². The summed E-state index contributed by atoms with van der Waals surface area (Å²) in [5, 5.41) is 9.90. The van der Waals surface area contributed by atoms with Crippen molar-refractivity contribution in [3.63, 3.8) is 0 Å². The Bertz CT molecular complexity index is 1030. The third kappa shape index (κ3) is 4.47. The molecular formula is C19H17F3N6O2. The van der Waals surface area contributed by atoms with Crippen LogP contribution < -0.4 is 10.6 Å². The van der Waals surface area contributed by atoms with Gasteiger partial charge in [0.2, 0.25) is 5.82 Å². The molecule has 1 saturated heterocycles. The molecule has 0 aliphatic carbocycles. The number of nitrogens with one attached hydrogen (secondary N) is 2. The number of halogens is 3. The smallest absolute Gasteiger partial charge is 0.371 e. The molecule has 0 spiro atoms. The molecule has 30 heavy (non-hydrogen) atoms. The van der Waals surface area contributed by atoms with E-state index in [1.807, 2.05) is 12.1 Å². The highest BCUT2D eigenvalue weighted by Crippen LogP contribution is 2.26. The van der Waals surface area contributed by atoms with Gasteiger partial charge in [-0.15, -0.1) is 0 Å². The molecule has 1 amide bonds. The van der Waals surface area contributed by atoms with Crippen molar-refractivity contribution in [2.45, 2.75) is 12.3 Å². The fourth-order valence-corrected chi connectivity index (χ4v) is 2.94. The lowest BCUT2D eigenvalue weighted by Crippen LogP contribution is -2.33. The molecule has 3 aromatic rings. The van der Waals surface area contributed by atoms with Crippen molar-refractivity contribution in [3.8, 4) is 5.82 Å². The molecule has 0 radical (unpaired) electrons. The first-order valence-electron chi connectivity index (χ1n) is 9.09. The summed E-state index contributed by atoms with van der Waals surface area (Å²) in [5.41, 5.74) is 1.74. The van der Waals surface area contributed by atoms with Crippen LogP contribution in [-0.2, 0) is 10.9 Å². The molecular weight excluding hydrogens is 401 g/mol. The van der Waals surface area contributed by atoms with E-state index >= 15 is 0 Å². The van der Waals surface area contributed by atoms with Crippen molar-refractivity contribution < 1.29 is 22.7 Å². The van der Waals surface area contributed by atoms with Gasteiger partial charge in [0.15, 0.2) is 5.82 Å². The van der Waals surface area contributed by atoms with Crippen LogP contribution in [-0.4, -0.2) is 45.4 Å². The van der Waals surface area contributed by atoms with Crippen molar-refractivity contribution in [1.29, 1.82) is 0 Å². The second-order valence-electron chi connectivity index (χ2n) is 6.55.